The lowest BCUT2D eigenvalue weighted by Gasteiger charge is -2.34. The monoisotopic (exact) mass is 214 g/mol. The van der Waals surface area contributed by atoms with Crippen LogP contribution < -0.4 is 0 Å². The summed E-state index contributed by atoms with van der Waals surface area (Å²) in [4.78, 5) is 0. The normalized spacial score (nSPS) is 19.3. The number of rotatable bonds is 4. The summed E-state index contributed by atoms with van der Waals surface area (Å²) in [5.41, 5.74) is 3.82. The lowest BCUT2D eigenvalue weighted by atomic mass is 9.72. The largest absolute Gasteiger partial charge is 0.388 e. The van der Waals surface area contributed by atoms with E-state index in [1.807, 2.05) is 36.4 Å². The van der Waals surface area contributed by atoms with E-state index in [0.29, 0.717) is 5.92 Å². The summed E-state index contributed by atoms with van der Waals surface area (Å²) in [5.74, 6) is 0.776. The van der Waals surface area contributed by atoms with Gasteiger partial charge in [-0.2, -0.15) is 0 Å². The molecule has 1 aliphatic rings. The van der Waals surface area contributed by atoms with Gasteiger partial charge < -0.3 is 5.11 Å². The standard InChI is InChI=1S/C15H18O/c1-2-7-14(12-10-6-11-12)15(16)13-8-4-3-5-9-13/h3-5,7-9,12,14-16H,1,6,10-11H2/t14-,15-/m1/s1. The van der Waals surface area contributed by atoms with Gasteiger partial charge in [0.15, 0.2) is 0 Å². The summed E-state index contributed by atoms with van der Waals surface area (Å²) in [6, 6.07) is 9.86. The van der Waals surface area contributed by atoms with E-state index in [1.165, 1.54) is 19.3 Å². The maximum atomic E-state index is 10.3. The lowest BCUT2D eigenvalue weighted by molar-refractivity contribution is 0.0702. The molecule has 0 heterocycles. The first-order valence-corrected chi connectivity index (χ1v) is 5.92. The van der Waals surface area contributed by atoms with Crippen LogP contribution in [0.15, 0.2) is 48.7 Å². The Hall–Kier alpha value is -1.30. The highest BCUT2D eigenvalue weighted by molar-refractivity contribution is 5.19. The fourth-order valence-electron chi connectivity index (χ4n) is 2.32. The van der Waals surface area contributed by atoms with Crippen LogP contribution in [0.4, 0.5) is 0 Å². The molecule has 0 aromatic heterocycles. The van der Waals surface area contributed by atoms with Crippen LogP contribution in [0.3, 0.4) is 0 Å². The topological polar surface area (TPSA) is 20.2 Å². The van der Waals surface area contributed by atoms with Crippen LogP contribution in [0.5, 0.6) is 0 Å². The first kappa shape index (κ1) is 11.2. The molecule has 1 heteroatoms. The summed E-state index contributed by atoms with van der Waals surface area (Å²) < 4.78 is 0. The predicted octanol–water partition coefficient (Wildman–Crippen LogP) is 3.48. The minimum Gasteiger partial charge on any atom is -0.388 e. The van der Waals surface area contributed by atoms with Crippen molar-refractivity contribution in [1.82, 2.24) is 0 Å². The predicted molar refractivity (Wildman–Crippen MR) is 65.9 cm³/mol. The summed E-state index contributed by atoms with van der Waals surface area (Å²) in [7, 11) is 0. The van der Waals surface area contributed by atoms with E-state index in [2.05, 4.69) is 12.3 Å². The molecule has 0 spiro atoms. The van der Waals surface area contributed by atoms with Crippen LogP contribution in [0.2, 0.25) is 0 Å². The maximum absolute atomic E-state index is 10.3. The average Bonchev–Trinajstić information content (AvgIpc) is 2.26. The number of benzene rings is 1. The molecule has 0 radical (unpaired) electrons. The Morgan fingerprint density at radius 3 is 2.50 bits per heavy atom. The second-order valence-electron chi connectivity index (χ2n) is 4.49. The summed E-state index contributed by atoms with van der Waals surface area (Å²) >= 11 is 0. The van der Waals surface area contributed by atoms with Crippen molar-refractivity contribution in [3.05, 3.63) is 54.3 Å². The lowest BCUT2D eigenvalue weighted by Crippen LogP contribution is -2.25. The quantitative estimate of drug-likeness (QED) is 0.761. The third-order valence-electron chi connectivity index (χ3n) is 3.51. The summed E-state index contributed by atoms with van der Waals surface area (Å²) in [6.45, 7) is 3.63. The van der Waals surface area contributed by atoms with E-state index in [1.54, 1.807) is 0 Å². The number of aliphatic hydroxyl groups is 1. The van der Waals surface area contributed by atoms with Crippen LogP contribution in [0.25, 0.3) is 0 Å². The molecule has 0 unspecified atom stereocenters. The van der Waals surface area contributed by atoms with Crippen molar-refractivity contribution in [2.75, 3.05) is 0 Å². The van der Waals surface area contributed by atoms with Gasteiger partial charge in [0.05, 0.1) is 6.10 Å². The zero-order chi connectivity index (χ0) is 11.4. The minimum atomic E-state index is -0.416. The molecule has 1 fully saturated rings. The van der Waals surface area contributed by atoms with Gasteiger partial charge in [-0.25, -0.2) is 0 Å². The van der Waals surface area contributed by atoms with Gasteiger partial charge in [0, 0.05) is 5.92 Å². The number of aliphatic hydroxyl groups excluding tert-OH is 1. The van der Waals surface area contributed by atoms with E-state index in [9.17, 15) is 5.11 Å². The Bertz CT molecular complexity index is 372. The molecule has 1 aromatic rings. The molecule has 1 N–H and O–H groups in total. The van der Waals surface area contributed by atoms with E-state index in [4.69, 9.17) is 0 Å². The van der Waals surface area contributed by atoms with Crippen molar-refractivity contribution in [3.63, 3.8) is 0 Å². The van der Waals surface area contributed by atoms with Gasteiger partial charge in [0.1, 0.15) is 0 Å². The Labute approximate surface area is 97.1 Å². The fourth-order valence-corrected chi connectivity index (χ4v) is 2.32. The van der Waals surface area contributed by atoms with Gasteiger partial charge in [-0.1, -0.05) is 43.3 Å². The molecule has 0 bridgehead atoms. The van der Waals surface area contributed by atoms with E-state index in [-0.39, 0.29) is 5.92 Å². The third kappa shape index (κ3) is 2.27. The molecular weight excluding hydrogens is 196 g/mol. The molecule has 0 saturated heterocycles. The van der Waals surface area contributed by atoms with Crippen molar-refractivity contribution < 1.29 is 5.11 Å². The molecule has 0 amide bonds. The van der Waals surface area contributed by atoms with Crippen LogP contribution in [0.1, 0.15) is 30.9 Å². The Morgan fingerprint density at radius 1 is 1.31 bits per heavy atom. The molecule has 16 heavy (non-hydrogen) atoms. The van der Waals surface area contributed by atoms with Gasteiger partial charge in [-0.05, 0) is 30.4 Å². The molecule has 2 atom stereocenters. The van der Waals surface area contributed by atoms with Crippen LogP contribution in [-0.4, -0.2) is 5.11 Å². The van der Waals surface area contributed by atoms with Gasteiger partial charge >= 0.3 is 0 Å². The minimum absolute atomic E-state index is 0.175. The van der Waals surface area contributed by atoms with Crippen molar-refractivity contribution in [3.8, 4) is 0 Å². The zero-order valence-corrected chi connectivity index (χ0v) is 9.47. The average molecular weight is 214 g/mol. The first-order valence-electron chi connectivity index (χ1n) is 5.92. The SMILES string of the molecule is C=C=C[C@H](C1CCC1)[C@H](O)c1ccccc1. The van der Waals surface area contributed by atoms with Gasteiger partial charge in [0.25, 0.3) is 0 Å². The Balaban J connectivity index is 2.16. The number of hydrogen-bond donors (Lipinski definition) is 1. The Kier molecular flexibility index (Phi) is 3.61. The molecule has 1 aromatic carbocycles. The highest BCUT2D eigenvalue weighted by atomic mass is 16.3. The van der Waals surface area contributed by atoms with Crippen molar-refractivity contribution >= 4 is 0 Å². The molecule has 84 valence electrons. The third-order valence-corrected chi connectivity index (χ3v) is 3.51. The van der Waals surface area contributed by atoms with Gasteiger partial charge in [-0.15, -0.1) is 5.73 Å². The molecule has 0 aliphatic heterocycles. The molecular formula is C15H18O. The number of hydrogen-bond acceptors (Lipinski definition) is 1. The van der Waals surface area contributed by atoms with Crippen LogP contribution in [0, 0.1) is 11.8 Å². The Morgan fingerprint density at radius 2 is 2.00 bits per heavy atom. The second kappa shape index (κ2) is 5.16. The molecule has 1 aliphatic carbocycles. The zero-order valence-electron chi connectivity index (χ0n) is 9.47. The first-order chi connectivity index (χ1) is 7.83. The summed E-state index contributed by atoms with van der Waals surface area (Å²) in [5, 5.41) is 10.3. The van der Waals surface area contributed by atoms with E-state index >= 15 is 0 Å². The van der Waals surface area contributed by atoms with Gasteiger partial charge in [0.2, 0.25) is 0 Å². The van der Waals surface area contributed by atoms with E-state index < -0.39 is 6.10 Å². The molecule has 1 saturated carbocycles. The second-order valence-corrected chi connectivity index (χ2v) is 4.49. The van der Waals surface area contributed by atoms with Crippen molar-refractivity contribution in [2.45, 2.75) is 25.4 Å². The highest BCUT2D eigenvalue weighted by Crippen LogP contribution is 2.40. The highest BCUT2D eigenvalue weighted by Gasteiger charge is 2.31. The summed E-state index contributed by atoms with van der Waals surface area (Å²) in [6.07, 6.45) is 5.23. The van der Waals surface area contributed by atoms with Crippen LogP contribution >= 0.6 is 0 Å². The van der Waals surface area contributed by atoms with Gasteiger partial charge in [-0.3, -0.25) is 0 Å². The molecule has 2 rings (SSSR count). The van der Waals surface area contributed by atoms with Crippen LogP contribution in [-0.2, 0) is 0 Å². The van der Waals surface area contributed by atoms with Crippen molar-refractivity contribution in [1.29, 1.82) is 0 Å². The fraction of sp³-hybridized carbons (Fsp3) is 0.400. The smallest absolute Gasteiger partial charge is 0.0861 e. The maximum Gasteiger partial charge on any atom is 0.0861 e. The van der Waals surface area contributed by atoms with Crippen molar-refractivity contribution in [2.24, 2.45) is 11.8 Å². The molecule has 1 nitrogen and oxygen atoms in total. The van der Waals surface area contributed by atoms with E-state index in [0.717, 1.165) is 5.56 Å².